The quantitative estimate of drug-likeness (QED) is 0.457. The number of hydrogen-bond acceptors (Lipinski definition) is 0. The van der Waals surface area contributed by atoms with E-state index in [0.29, 0.717) is 5.41 Å². The molecule has 0 aromatic carbocycles. The molecule has 2 aliphatic rings. The first kappa shape index (κ1) is 7.38. The average molecular weight is 250 g/mol. The number of halogens is 1. The second-order valence-corrected chi connectivity index (χ2v) is 6.05. The third-order valence-corrected chi connectivity index (χ3v) is 5.16. The molecule has 3 atom stereocenters. The topological polar surface area (TPSA) is 0 Å². The molecular formula is C9H15I. The standard InChI is InChI=1S/C9H15I/c1-9(2)6-3-4-7(9)8(10)5-6/h6-8H,3-5H2,1-2H3. The molecule has 0 amide bonds. The van der Waals surface area contributed by atoms with E-state index in [1.165, 1.54) is 19.3 Å². The van der Waals surface area contributed by atoms with Gasteiger partial charge in [0, 0.05) is 3.92 Å². The van der Waals surface area contributed by atoms with Crippen LogP contribution in [0.3, 0.4) is 0 Å². The zero-order valence-electron chi connectivity index (χ0n) is 6.73. The van der Waals surface area contributed by atoms with Crippen LogP contribution < -0.4 is 0 Å². The summed E-state index contributed by atoms with van der Waals surface area (Å²) in [6, 6.07) is 0. The summed E-state index contributed by atoms with van der Waals surface area (Å²) in [4.78, 5) is 0. The van der Waals surface area contributed by atoms with Gasteiger partial charge in [-0.05, 0) is 36.5 Å². The Hall–Kier alpha value is 0.730. The van der Waals surface area contributed by atoms with Gasteiger partial charge in [-0.15, -0.1) is 0 Å². The summed E-state index contributed by atoms with van der Waals surface area (Å²) in [6.07, 6.45) is 4.51. The number of hydrogen-bond donors (Lipinski definition) is 0. The lowest BCUT2D eigenvalue weighted by molar-refractivity contribution is 0.262. The van der Waals surface area contributed by atoms with E-state index in [4.69, 9.17) is 0 Å². The van der Waals surface area contributed by atoms with E-state index in [1.54, 1.807) is 0 Å². The average Bonchev–Trinajstić information content (AvgIpc) is 2.20. The van der Waals surface area contributed by atoms with E-state index < -0.39 is 0 Å². The van der Waals surface area contributed by atoms with Crippen molar-refractivity contribution in [1.29, 1.82) is 0 Å². The molecule has 0 radical (unpaired) electrons. The third-order valence-electron chi connectivity index (χ3n) is 3.78. The fourth-order valence-electron chi connectivity index (χ4n) is 2.93. The van der Waals surface area contributed by atoms with Crippen molar-refractivity contribution in [3.8, 4) is 0 Å². The van der Waals surface area contributed by atoms with Crippen LogP contribution >= 0.6 is 22.6 Å². The first-order chi connectivity index (χ1) is 4.62. The van der Waals surface area contributed by atoms with Crippen LogP contribution in [0.25, 0.3) is 0 Å². The van der Waals surface area contributed by atoms with Gasteiger partial charge in [-0.3, -0.25) is 0 Å². The van der Waals surface area contributed by atoms with Crippen LogP contribution in [0.5, 0.6) is 0 Å². The molecule has 1 heteroatoms. The van der Waals surface area contributed by atoms with Crippen molar-refractivity contribution in [2.45, 2.75) is 37.0 Å². The van der Waals surface area contributed by atoms with Crippen molar-refractivity contribution in [3.05, 3.63) is 0 Å². The van der Waals surface area contributed by atoms with Crippen LogP contribution in [-0.2, 0) is 0 Å². The van der Waals surface area contributed by atoms with Gasteiger partial charge in [0.2, 0.25) is 0 Å². The van der Waals surface area contributed by atoms with Crippen molar-refractivity contribution >= 4 is 22.6 Å². The maximum absolute atomic E-state index is 2.65. The van der Waals surface area contributed by atoms with Crippen LogP contribution in [0.15, 0.2) is 0 Å². The highest BCUT2D eigenvalue weighted by molar-refractivity contribution is 14.1. The summed E-state index contributed by atoms with van der Waals surface area (Å²) in [5.41, 5.74) is 0.686. The van der Waals surface area contributed by atoms with E-state index >= 15 is 0 Å². The summed E-state index contributed by atoms with van der Waals surface area (Å²) in [5.74, 6) is 2.09. The largest absolute Gasteiger partial charge is 0.0823 e. The Balaban J connectivity index is 2.27. The van der Waals surface area contributed by atoms with Gasteiger partial charge in [0.1, 0.15) is 0 Å². The summed E-state index contributed by atoms with van der Waals surface area (Å²) >= 11 is 2.65. The van der Waals surface area contributed by atoms with Crippen molar-refractivity contribution < 1.29 is 0 Å². The van der Waals surface area contributed by atoms with Crippen LogP contribution in [0, 0.1) is 17.3 Å². The van der Waals surface area contributed by atoms with Gasteiger partial charge in [0.15, 0.2) is 0 Å². The molecule has 2 fully saturated rings. The summed E-state index contributed by atoms with van der Waals surface area (Å²) in [7, 11) is 0. The van der Waals surface area contributed by atoms with Crippen LogP contribution in [0.4, 0.5) is 0 Å². The van der Waals surface area contributed by atoms with Gasteiger partial charge in [-0.2, -0.15) is 0 Å². The monoisotopic (exact) mass is 250 g/mol. The molecule has 2 saturated carbocycles. The minimum atomic E-state index is 0.686. The van der Waals surface area contributed by atoms with Crippen LogP contribution in [-0.4, -0.2) is 3.92 Å². The highest BCUT2D eigenvalue weighted by atomic mass is 127. The fourth-order valence-corrected chi connectivity index (χ4v) is 4.83. The molecule has 58 valence electrons. The third kappa shape index (κ3) is 0.788. The minimum Gasteiger partial charge on any atom is -0.0823 e. The normalized spacial score (nSPS) is 50.1. The maximum Gasteiger partial charge on any atom is 0.0146 e. The molecule has 0 aromatic heterocycles. The first-order valence-corrected chi connectivity index (χ1v) is 5.51. The molecule has 3 unspecified atom stereocenters. The molecule has 0 spiro atoms. The molecule has 0 N–H and O–H groups in total. The second kappa shape index (κ2) is 2.11. The van der Waals surface area contributed by atoms with Crippen molar-refractivity contribution in [1.82, 2.24) is 0 Å². The van der Waals surface area contributed by atoms with E-state index in [1.807, 2.05) is 0 Å². The molecule has 0 aliphatic heterocycles. The van der Waals surface area contributed by atoms with Crippen molar-refractivity contribution in [3.63, 3.8) is 0 Å². The Morgan fingerprint density at radius 1 is 1.30 bits per heavy atom. The smallest absolute Gasteiger partial charge is 0.0146 e. The predicted molar refractivity (Wildman–Crippen MR) is 52.4 cm³/mol. The Bertz CT molecular complexity index is 151. The number of alkyl halides is 1. The van der Waals surface area contributed by atoms with Crippen LogP contribution in [0.2, 0.25) is 0 Å². The second-order valence-electron chi connectivity index (χ2n) is 4.45. The summed E-state index contributed by atoms with van der Waals surface area (Å²) in [5, 5.41) is 0. The van der Waals surface area contributed by atoms with E-state index in [0.717, 1.165) is 15.8 Å². The fraction of sp³-hybridized carbons (Fsp3) is 1.00. The Kier molecular flexibility index (Phi) is 1.56. The summed E-state index contributed by atoms with van der Waals surface area (Å²) in [6.45, 7) is 4.93. The Morgan fingerprint density at radius 2 is 2.00 bits per heavy atom. The van der Waals surface area contributed by atoms with Gasteiger partial charge < -0.3 is 0 Å². The van der Waals surface area contributed by atoms with Gasteiger partial charge >= 0.3 is 0 Å². The molecule has 0 saturated heterocycles. The number of rotatable bonds is 0. The van der Waals surface area contributed by atoms with E-state index in [-0.39, 0.29) is 0 Å². The SMILES string of the molecule is CC1(C)C2CCC1C(I)C2. The zero-order chi connectivity index (χ0) is 7.35. The lowest BCUT2D eigenvalue weighted by atomic mass is 9.82. The van der Waals surface area contributed by atoms with E-state index in [9.17, 15) is 0 Å². The molecule has 0 heterocycles. The Labute approximate surface area is 76.9 Å². The highest BCUT2D eigenvalue weighted by Crippen LogP contribution is 2.59. The van der Waals surface area contributed by atoms with Gasteiger partial charge in [-0.1, -0.05) is 36.4 Å². The predicted octanol–water partition coefficient (Wildman–Crippen LogP) is 3.25. The highest BCUT2D eigenvalue weighted by Gasteiger charge is 2.52. The molecule has 2 aliphatic carbocycles. The first-order valence-electron chi connectivity index (χ1n) is 4.26. The molecule has 0 nitrogen and oxygen atoms in total. The van der Waals surface area contributed by atoms with Crippen molar-refractivity contribution in [2.75, 3.05) is 0 Å². The lowest BCUT2D eigenvalue weighted by Gasteiger charge is -2.24. The van der Waals surface area contributed by atoms with Crippen molar-refractivity contribution in [2.24, 2.45) is 17.3 Å². The minimum absolute atomic E-state index is 0.686. The van der Waals surface area contributed by atoms with Gasteiger partial charge in [-0.25, -0.2) is 0 Å². The maximum atomic E-state index is 2.65. The number of fused-ring (bicyclic) bond motifs is 2. The zero-order valence-corrected chi connectivity index (χ0v) is 8.89. The molecule has 0 aromatic rings. The molecule has 2 rings (SSSR count). The van der Waals surface area contributed by atoms with E-state index in [2.05, 4.69) is 36.4 Å². The van der Waals surface area contributed by atoms with Gasteiger partial charge in [0.25, 0.3) is 0 Å². The van der Waals surface area contributed by atoms with Crippen LogP contribution in [0.1, 0.15) is 33.1 Å². The Morgan fingerprint density at radius 3 is 2.20 bits per heavy atom. The molecular weight excluding hydrogens is 235 g/mol. The van der Waals surface area contributed by atoms with Gasteiger partial charge in [0.05, 0.1) is 0 Å². The molecule has 2 bridgehead atoms. The lowest BCUT2D eigenvalue weighted by Crippen LogP contribution is -2.19. The molecule has 10 heavy (non-hydrogen) atoms. The summed E-state index contributed by atoms with van der Waals surface area (Å²) < 4.78 is 0.992.